The van der Waals surface area contributed by atoms with Crippen LogP contribution < -0.4 is 10.6 Å². The first-order chi connectivity index (χ1) is 17.8. The summed E-state index contributed by atoms with van der Waals surface area (Å²) in [6, 6.07) is 4.90. The third kappa shape index (κ3) is 5.50. The minimum atomic E-state index is -0.531. The molecular weight excluding hydrogens is 499 g/mol. The SMILES string of the molecule is COCC(=O)N1CCC(NC(=O)c2cc3cc(F)ccc3[nH]2)C(NC(=O)c2nc3c(s2)CN(C)CC3)C1. The highest BCUT2D eigenvalue weighted by molar-refractivity contribution is 7.13. The van der Waals surface area contributed by atoms with Crippen molar-refractivity contribution in [2.24, 2.45) is 0 Å². The zero-order chi connectivity index (χ0) is 26.1. The van der Waals surface area contributed by atoms with Crippen molar-refractivity contribution in [2.75, 3.05) is 40.4 Å². The number of amides is 3. The molecule has 3 amide bonds. The van der Waals surface area contributed by atoms with Gasteiger partial charge in [0, 0.05) is 55.5 Å². The van der Waals surface area contributed by atoms with E-state index in [2.05, 4.69) is 25.5 Å². The fraction of sp³-hybridized carbons (Fsp3) is 0.440. The van der Waals surface area contributed by atoms with Crippen LogP contribution in [0.1, 0.15) is 37.3 Å². The molecule has 2 aliphatic heterocycles. The molecule has 0 bridgehead atoms. The van der Waals surface area contributed by atoms with Gasteiger partial charge in [0.1, 0.15) is 18.1 Å². The third-order valence-electron chi connectivity index (χ3n) is 6.81. The van der Waals surface area contributed by atoms with Gasteiger partial charge in [-0.05, 0) is 37.7 Å². The molecule has 3 N–H and O–H groups in total. The summed E-state index contributed by atoms with van der Waals surface area (Å²) in [6.07, 6.45) is 1.24. The van der Waals surface area contributed by atoms with Crippen molar-refractivity contribution in [3.05, 3.63) is 51.4 Å². The molecule has 0 spiro atoms. The van der Waals surface area contributed by atoms with Crippen LogP contribution in [0.5, 0.6) is 0 Å². The Hall–Kier alpha value is -3.35. The summed E-state index contributed by atoms with van der Waals surface area (Å²) in [4.78, 5) is 51.2. The molecule has 10 nitrogen and oxygen atoms in total. The highest BCUT2D eigenvalue weighted by Gasteiger charge is 2.35. The van der Waals surface area contributed by atoms with Crippen molar-refractivity contribution < 1.29 is 23.5 Å². The summed E-state index contributed by atoms with van der Waals surface area (Å²) in [5.41, 5.74) is 1.89. The third-order valence-corrected chi connectivity index (χ3v) is 7.89. The molecule has 2 aliphatic rings. The smallest absolute Gasteiger partial charge is 0.280 e. The number of nitrogens with zero attached hydrogens (tertiary/aromatic N) is 3. The number of carbonyl (C=O) groups is 3. The van der Waals surface area contributed by atoms with Crippen molar-refractivity contribution in [3.63, 3.8) is 0 Å². The van der Waals surface area contributed by atoms with Crippen LogP contribution in [-0.2, 0) is 22.5 Å². The number of fused-ring (bicyclic) bond motifs is 2. The molecule has 2 unspecified atom stereocenters. The largest absolute Gasteiger partial charge is 0.375 e. The maximum absolute atomic E-state index is 13.6. The van der Waals surface area contributed by atoms with Gasteiger partial charge in [0.15, 0.2) is 5.01 Å². The maximum atomic E-state index is 13.6. The lowest BCUT2D eigenvalue weighted by Crippen LogP contribution is -2.61. The molecule has 196 valence electrons. The first-order valence-corrected chi connectivity index (χ1v) is 13.0. The number of nitrogens with one attached hydrogen (secondary N) is 3. The predicted octanol–water partition coefficient (Wildman–Crippen LogP) is 1.53. The van der Waals surface area contributed by atoms with Crippen LogP contribution in [0.3, 0.4) is 0 Å². The van der Waals surface area contributed by atoms with E-state index < -0.39 is 12.1 Å². The molecule has 0 radical (unpaired) electrons. The Labute approximate surface area is 217 Å². The van der Waals surface area contributed by atoms with Gasteiger partial charge in [-0.25, -0.2) is 9.37 Å². The summed E-state index contributed by atoms with van der Waals surface area (Å²) in [5.74, 6) is -1.26. The number of hydrogen-bond donors (Lipinski definition) is 3. The summed E-state index contributed by atoms with van der Waals surface area (Å²) < 4.78 is 18.6. The summed E-state index contributed by atoms with van der Waals surface area (Å²) in [6.45, 7) is 2.23. The number of rotatable bonds is 6. The number of benzene rings is 1. The van der Waals surface area contributed by atoms with Crippen LogP contribution in [0.25, 0.3) is 10.9 Å². The maximum Gasteiger partial charge on any atom is 0.280 e. The van der Waals surface area contributed by atoms with Crippen molar-refractivity contribution in [2.45, 2.75) is 31.5 Å². The van der Waals surface area contributed by atoms with E-state index in [0.717, 1.165) is 30.1 Å². The van der Waals surface area contributed by atoms with E-state index in [0.29, 0.717) is 34.6 Å². The van der Waals surface area contributed by atoms with Crippen molar-refractivity contribution in [1.29, 1.82) is 0 Å². The standard InChI is InChI=1S/C25H29FN6O4S/c1-31-7-5-18-21(12-31)37-25(30-18)24(35)29-20-11-32(22(33)13-36-2)8-6-17(20)28-23(34)19-10-14-9-15(26)3-4-16(14)27-19/h3-4,9-10,17,20,27H,5-8,11-13H2,1-2H3,(H,28,34)(H,29,35). The van der Waals surface area contributed by atoms with Crippen molar-refractivity contribution >= 4 is 40.0 Å². The first-order valence-electron chi connectivity index (χ1n) is 12.1. The molecule has 37 heavy (non-hydrogen) atoms. The second-order valence-corrected chi connectivity index (χ2v) is 10.6. The van der Waals surface area contributed by atoms with E-state index in [1.54, 1.807) is 17.0 Å². The normalized spacial score (nSPS) is 20.0. The number of halogens is 1. The van der Waals surface area contributed by atoms with E-state index in [1.165, 1.54) is 30.6 Å². The van der Waals surface area contributed by atoms with Crippen LogP contribution in [0.2, 0.25) is 0 Å². The molecule has 0 aliphatic carbocycles. The number of aromatic amines is 1. The quantitative estimate of drug-likeness (QED) is 0.447. The second-order valence-electron chi connectivity index (χ2n) is 9.51. The molecule has 3 aromatic rings. The van der Waals surface area contributed by atoms with Gasteiger partial charge in [0.25, 0.3) is 11.8 Å². The first kappa shape index (κ1) is 25.3. The fourth-order valence-corrected chi connectivity index (χ4v) is 5.93. The van der Waals surface area contributed by atoms with Gasteiger partial charge in [-0.1, -0.05) is 0 Å². The molecule has 1 aromatic carbocycles. The number of H-pyrrole nitrogens is 1. The molecule has 2 atom stereocenters. The molecular formula is C25H29FN6O4S. The lowest BCUT2D eigenvalue weighted by Gasteiger charge is -2.39. The van der Waals surface area contributed by atoms with Crippen molar-refractivity contribution in [1.82, 2.24) is 30.4 Å². The van der Waals surface area contributed by atoms with Gasteiger partial charge in [0.2, 0.25) is 5.91 Å². The summed E-state index contributed by atoms with van der Waals surface area (Å²) >= 11 is 1.38. The Kier molecular flexibility index (Phi) is 7.22. The number of likely N-dealkylation sites (N-methyl/N-ethyl adjacent to an activating group) is 1. The van der Waals surface area contributed by atoms with Gasteiger partial charge in [-0.2, -0.15) is 0 Å². The van der Waals surface area contributed by atoms with Gasteiger partial charge >= 0.3 is 0 Å². The van der Waals surface area contributed by atoms with Crippen molar-refractivity contribution in [3.8, 4) is 0 Å². The lowest BCUT2D eigenvalue weighted by molar-refractivity contribution is -0.136. The molecule has 1 saturated heterocycles. The molecule has 5 rings (SSSR count). The van der Waals surface area contributed by atoms with Crippen LogP contribution >= 0.6 is 11.3 Å². The number of methoxy groups -OCH3 is 1. The Morgan fingerprint density at radius 3 is 2.81 bits per heavy atom. The highest BCUT2D eigenvalue weighted by Crippen LogP contribution is 2.25. The number of aromatic nitrogens is 2. The fourth-order valence-electron chi connectivity index (χ4n) is 4.83. The molecule has 12 heteroatoms. The zero-order valence-electron chi connectivity index (χ0n) is 20.7. The predicted molar refractivity (Wildman–Crippen MR) is 136 cm³/mol. The number of hydrogen-bond acceptors (Lipinski definition) is 7. The Morgan fingerprint density at radius 1 is 1.19 bits per heavy atom. The average molecular weight is 529 g/mol. The van der Waals surface area contributed by atoms with E-state index >= 15 is 0 Å². The van der Waals surface area contributed by atoms with Crippen LogP contribution in [-0.4, -0.2) is 90.0 Å². The molecule has 1 fully saturated rings. The monoisotopic (exact) mass is 528 g/mol. The number of thiazole rings is 1. The lowest BCUT2D eigenvalue weighted by atomic mass is 9.98. The Bertz CT molecular complexity index is 1340. The minimum Gasteiger partial charge on any atom is -0.375 e. The Balaban J connectivity index is 1.33. The van der Waals surface area contributed by atoms with E-state index in [1.807, 2.05) is 7.05 Å². The summed E-state index contributed by atoms with van der Waals surface area (Å²) in [7, 11) is 3.49. The number of likely N-dealkylation sites (tertiary alicyclic amines) is 1. The highest BCUT2D eigenvalue weighted by atomic mass is 32.1. The average Bonchev–Trinajstić information content (AvgIpc) is 3.49. The summed E-state index contributed by atoms with van der Waals surface area (Å²) in [5, 5.41) is 6.97. The van der Waals surface area contributed by atoms with E-state index in [4.69, 9.17) is 4.74 Å². The van der Waals surface area contributed by atoms with Gasteiger partial charge in [-0.3, -0.25) is 14.4 Å². The Morgan fingerprint density at radius 2 is 2.00 bits per heavy atom. The number of carbonyl (C=O) groups excluding carboxylic acids is 3. The number of ether oxygens (including phenoxy) is 1. The van der Waals surface area contributed by atoms with Crippen LogP contribution in [0.4, 0.5) is 4.39 Å². The number of piperidine rings is 1. The second kappa shape index (κ2) is 10.6. The van der Waals surface area contributed by atoms with Crippen LogP contribution in [0.15, 0.2) is 24.3 Å². The topological polar surface area (TPSA) is 120 Å². The molecule has 0 saturated carbocycles. The van der Waals surface area contributed by atoms with Crippen LogP contribution in [0, 0.1) is 5.82 Å². The van der Waals surface area contributed by atoms with E-state index in [-0.39, 0.29) is 36.7 Å². The van der Waals surface area contributed by atoms with Gasteiger partial charge in [0.05, 0.1) is 17.8 Å². The molecule has 4 heterocycles. The van der Waals surface area contributed by atoms with Gasteiger partial charge < -0.3 is 30.2 Å². The van der Waals surface area contributed by atoms with E-state index in [9.17, 15) is 18.8 Å². The minimum absolute atomic E-state index is 0.0595. The zero-order valence-corrected chi connectivity index (χ0v) is 21.5. The molecule has 2 aromatic heterocycles. The van der Waals surface area contributed by atoms with Gasteiger partial charge in [-0.15, -0.1) is 11.3 Å².